The second-order valence-electron chi connectivity index (χ2n) is 6.99. The average Bonchev–Trinajstić information content (AvgIpc) is 3.29. The third kappa shape index (κ3) is 4.34. The summed E-state index contributed by atoms with van der Waals surface area (Å²) in [6, 6.07) is 4.57. The van der Waals surface area contributed by atoms with E-state index in [4.69, 9.17) is 4.74 Å². The minimum absolute atomic E-state index is 0.164. The van der Waals surface area contributed by atoms with Crippen LogP contribution in [-0.2, 0) is 0 Å². The molecule has 164 valence electrons. The summed E-state index contributed by atoms with van der Waals surface area (Å²) in [4.78, 5) is 21.1. The van der Waals surface area contributed by atoms with E-state index in [-0.39, 0.29) is 30.3 Å². The highest BCUT2D eigenvalue weighted by Gasteiger charge is 2.39. The second kappa shape index (κ2) is 8.70. The maximum absolute atomic E-state index is 13.2. The molecule has 1 fully saturated rings. The van der Waals surface area contributed by atoms with Crippen LogP contribution in [0.15, 0.2) is 30.6 Å². The first-order valence-electron chi connectivity index (χ1n) is 9.66. The molecule has 0 unspecified atom stereocenters. The van der Waals surface area contributed by atoms with E-state index in [1.165, 1.54) is 16.9 Å². The molecule has 0 aromatic carbocycles. The molecule has 2 atom stereocenters. The monoisotopic (exact) mass is 431 g/mol. The van der Waals surface area contributed by atoms with Gasteiger partial charge in [0.25, 0.3) is 5.91 Å². The number of aliphatic hydroxyl groups excluding tert-OH is 2. The summed E-state index contributed by atoms with van der Waals surface area (Å²) in [7, 11) is 1.70. The van der Waals surface area contributed by atoms with Gasteiger partial charge in [0.1, 0.15) is 35.2 Å². The van der Waals surface area contributed by atoms with Crippen LogP contribution in [0.4, 0.5) is 21.7 Å². The molecule has 11 nitrogen and oxygen atoms in total. The zero-order chi connectivity index (χ0) is 22.0. The number of aliphatic hydroxyl groups is 2. The quantitative estimate of drug-likeness (QED) is 0.326. The molecule has 1 saturated carbocycles. The first-order chi connectivity index (χ1) is 15.0. The van der Waals surface area contributed by atoms with Crippen LogP contribution in [0, 0.1) is 0 Å². The summed E-state index contributed by atoms with van der Waals surface area (Å²) in [6.07, 6.45) is 1.35. The van der Waals surface area contributed by atoms with E-state index in [0.29, 0.717) is 23.7 Å². The molecule has 3 aromatic rings. The van der Waals surface area contributed by atoms with Crippen LogP contribution < -0.4 is 20.7 Å². The SMILES string of the molecule is CNc1cc(Nc2cccnc2OC(CO)CO)nc2c(C(=O)N[C@H]3C[C@H]3F)cnn12. The van der Waals surface area contributed by atoms with Gasteiger partial charge in [-0.25, -0.2) is 14.4 Å². The number of nitrogens with one attached hydrogen (secondary N) is 3. The number of hydrogen-bond donors (Lipinski definition) is 5. The lowest BCUT2D eigenvalue weighted by Crippen LogP contribution is -2.27. The number of halogens is 1. The van der Waals surface area contributed by atoms with Gasteiger partial charge in [-0.05, 0) is 12.1 Å². The molecule has 0 aliphatic heterocycles. The average molecular weight is 431 g/mol. The summed E-state index contributed by atoms with van der Waals surface area (Å²) in [5.41, 5.74) is 0.928. The predicted molar refractivity (Wildman–Crippen MR) is 109 cm³/mol. The fourth-order valence-electron chi connectivity index (χ4n) is 2.93. The van der Waals surface area contributed by atoms with Crippen molar-refractivity contribution < 1.29 is 24.1 Å². The molecule has 0 saturated heterocycles. The van der Waals surface area contributed by atoms with Gasteiger partial charge in [0.2, 0.25) is 5.88 Å². The highest BCUT2D eigenvalue weighted by Crippen LogP contribution is 2.28. The number of pyridine rings is 1. The first kappa shape index (κ1) is 20.8. The zero-order valence-electron chi connectivity index (χ0n) is 16.6. The molecule has 0 radical (unpaired) electrons. The van der Waals surface area contributed by atoms with Crippen molar-refractivity contribution in [1.29, 1.82) is 0 Å². The lowest BCUT2D eigenvalue weighted by Gasteiger charge is -2.17. The van der Waals surface area contributed by atoms with Crippen LogP contribution in [0.5, 0.6) is 5.88 Å². The standard InChI is InChI=1S/C19H22FN7O4/c1-21-16-6-15(24-13-3-2-4-22-19(13)31-10(8-28)9-29)26-17-11(7-23-27(16)17)18(30)25-14-5-12(14)20/h2-4,6-7,10,12,14,21,28-29H,5,8-9H2,1H3,(H,24,26)(H,25,30)/t12-,14+/m1/s1. The third-order valence-electron chi connectivity index (χ3n) is 4.72. The Labute approximate surface area is 176 Å². The number of amides is 1. The minimum Gasteiger partial charge on any atom is -0.468 e. The number of anilines is 3. The van der Waals surface area contributed by atoms with E-state index in [9.17, 15) is 19.4 Å². The number of hydrogen-bond acceptors (Lipinski definition) is 9. The van der Waals surface area contributed by atoms with Crippen molar-refractivity contribution in [2.75, 3.05) is 30.9 Å². The summed E-state index contributed by atoms with van der Waals surface area (Å²) < 4.78 is 20.2. The second-order valence-corrected chi connectivity index (χ2v) is 6.99. The van der Waals surface area contributed by atoms with Crippen molar-refractivity contribution in [3.8, 4) is 5.88 Å². The van der Waals surface area contributed by atoms with Gasteiger partial charge in [0.05, 0.1) is 25.5 Å². The summed E-state index contributed by atoms with van der Waals surface area (Å²) in [5, 5.41) is 31.4. The van der Waals surface area contributed by atoms with Crippen LogP contribution in [0.1, 0.15) is 16.8 Å². The Kier molecular flexibility index (Phi) is 5.82. The largest absolute Gasteiger partial charge is 0.468 e. The number of ether oxygens (including phenoxy) is 1. The van der Waals surface area contributed by atoms with Crippen molar-refractivity contribution in [2.24, 2.45) is 0 Å². The molecule has 1 aliphatic rings. The van der Waals surface area contributed by atoms with Gasteiger partial charge in [-0.2, -0.15) is 9.61 Å². The molecule has 5 N–H and O–H groups in total. The number of aromatic nitrogens is 4. The minimum atomic E-state index is -1.02. The smallest absolute Gasteiger partial charge is 0.257 e. The topological polar surface area (TPSA) is 146 Å². The fourth-order valence-corrected chi connectivity index (χ4v) is 2.93. The van der Waals surface area contributed by atoms with Gasteiger partial charge in [-0.1, -0.05) is 0 Å². The van der Waals surface area contributed by atoms with E-state index in [1.54, 1.807) is 25.2 Å². The maximum atomic E-state index is 13.2. The lowest BCUT2D eigenvalue weighted by atomic mass is 10.3. The molecule has 31 heavy (non-hydrogen) atoms. The number of fused-ring (bicyclic) bond motifs is 1. The van der Waals surface area contributed by atoms with E-state index in [2.05, 4.69) is 31.0 Å². The molecule has 1 amide bonds. The highest BCUT2D eigenvalue weighted by atomic mass is 19.1. The summed E-state index contributed by atoms with van der Waals surface area (Å²) >= 11 is 0. The maximum Gasteiger partial charge on any atom is 0.257 e. The Morgan fingerprint density at radius 3 is 2.87 bits per heavy atom. The zero-order valence-corrected chi connectivity index (χ0v) is 16.6. The Hall–Kier alpha value is -3.51. The molecule has 0 bridgehead atoms. The Bertz CT molecular complexity index is 1090. The number of carbonyl (C=O) groups is 1. The Balaban J connectivity index is 1.65. The summed E-state index contributed by atoms with van der Waals surface area (Å²) in [6.45, 7) is -0.759. The number of carbonyl (C=O) groups excluding carboxylic acids is 1. The normalized spacial score (nSPS) is 17.6. The third-order valence-corrected chi connectivity index (χ3v) is 4.72. The predicted octanol–water partition coefficient (Wildman–Crippen LogP) is 0.482. The number of alkyl halides is 1. The van der Waals surface area contributed by atoms with Crippen LogP contribution in [0.2, 0.25) is 0 Å². The van der Waals surface area contributed by atoms with Crippen molar-refractivity contribution in [2.45, 2.75) is 24.7 Å². The van der Waals surface area contributed by atoms with Crippen LogP contribution in [-0.4, -0.2) is 74.3 Å². The van der Waals surface area contributed by atoms with Gasteiger partial charge >= 0.3 is 0 Å². The van der Waals surface area contributed by atoms with Gasteiger partial charge in [-0.15, -0.1) is 0 Å². The molecular formula is C19H22FN7O4. The van der Waals surface area contributed by atoms with E-state index in [1.807, 2.05) is 0 Å². The number of rotatable bonds is 9. The highest BCUT2D eigenvalue weighted by molar-refractivity contribution is 6.00. The van der Waals surface area contributed by atoms with Gasteiger partial charge in [0, 0.05) is 25.7 Å². The molecule has 3 aromatic heterocycles. The Morgan fingerprint density at radius 2 is 2.19 bits per heavy atom. The van der Waals surface area contributed by atoms with Crippen molar-refractivity contribution >= 4 is 28.9 Å². The van der Waals surface area contributed by atoms with Gasteiger partial charge in [0.15, 0.2) is 5.65 Å². The van der Waals surface area contributed by atoms with E-state index < -0.39 is 24.2 Å². The van der Waals surface area contributed by atoms with Crippen LogP contribution >= 0.6 is 0 Å². The molecule has 12 heteroatoms. The molecule has 4 rings (SSSR count). The van der Waals surface area contributed by atoms with Crippen LogP contribution in [0.25, 0.3) is 5.65 Å². The van der Waals surface area contributed by atoms with Crippen molar-refractivity contribution in [1.82, 2.24) is 24.9 Å². The molecule has 0 spiro atoms. The molecule has 1 aliphatic carbocycles. The van der Waals surface area contributed by atoms with Crippen LogP contribution in [0.3, 0.4) is 0 Å². The van der Waals surface area contributed by atoms with E-state index in [0.717, 1.165) is 0 Å². The van der Waals surface area contributed by atoms with Crippen molar-refractivity contribution in [3.63, 3.8) is 0 Å². The molecule has 3 heterocycles. The summed E-state index contributed by atoms with van der Waals surface area (Å²) in [5.74, 6) is 0.628. The molecular weight excluding hydrogens is 409 g/mol. The van der Waals surface area contributed by atoms with Gasteiger partial charge in [-0.3, -0.25) is 4.79 Å². The fraction of sp³-hybridized carbons (Fsp3) is 0.368. The van der Waals surface area contributed by atoms with Gasteiger partial charge < -0.3 is 30.9 Å². The first-order valence-corrected chi connectivity index (χ1v) is 9.66. The van der Waals surface area contributed by atoms with E-state index >= 15 is 0 Å². The lowest BCUT2D eigenvalue weighted by molar-refractivity contribution is 0.0602. The van der Waals surface area contributed by atoms with Crippen molar-refractivity contribution in [3.05, 3.63) is 36.2 Å². The number of nitrogens with zero attached hydrogens (tertiary/aromatic N) is 4. The Morgan fingerprint density at radius 1 is 1.42 bits per heavy atom.